The van der Waals surface area contributed by atoms with Gasteiger partial charge in [-0.25, -0.2) is 13.1 Å². The van der Waals surface area contributed by atoms with E-state index in [-0.39, 0.29) is 23.0 Å². The number of hydrogen-bond donors (Lipinski definition) is 2. The zero-order valence-corrected chi connectivity index (χ0v) is 15.2. The highest BCUT2D eigenvalue weighted by Gasteiger charge is 2.19. The number of sulfonamides is 1. The van der Waals surface area contributed by atoms with Crippen LogP contribution in [0.25, 0.3) is 0 Å². The zero-order valence-electron chi connectivity index (χ0n) is 14.3. The van der Waals surface area contributed by atoms with Crippen LogP contribution in [0.4, 0.5) is 0 Å². The van der Waals surface area contributed by atoms with Crippen molar-refractivity contribution in [1.82, 2.24) is 9.62 Å². The molecule has 0 bridgehead atoms. The van der Waals surface area contributed by atoms with Crippen molar-refractivity contribution in [3.63, 3.8) is 0 Å². The first-order valence-corrected chi connectivity index (χ1v) is 9.38. The SMILES string of the molecule is CN(C)C(CNS(=O)(=O)c1ccc(C(N)=O)cc1)Cc1ccccc1. The lowest BCUT2D eigenvalue weighted by Crippen LogP contribution is -2.41. The van der Waals surface area contributed by atoms with E-state index in [1.807, 2.05) is 49.3 Å². The summed E-state index contributed by atoms with van der Waals surface area (Å²) in [7, 11) is 0.188. The lowest BCUT2D eigenvalue weighted by molar-refractivity contribution is 0.1000. The highest BCUT2D eigenvalue weighted by molar-refractivity contribution is 7.89. The molecule has 6 nitrogen and oxygen atoms in total. The molecule has 0 aromatic heterocycles. The number of rotatable bonds is 8. The predicted octanol–water partition coefficient (Wildman–Crippen LogP) is 1.24. The zero-order chi connectivity index (χ0) is 18.4. The average Bonchev–Trinajstić information content (AvgIpc) is 2.59. The lowest BCUT2D eigenvalue weighted by atomic mass is 10.1. The summed E-state index contributed by atoms with van der Waals surface area (Å²) >= 11 is 0. The summed E-state index contributed by atoms with van der Waals surface area (Å²) in [6.45, 7) is 0.280. The third-order valence-corrected chi connectivity index (χ3v) is 5.44. The van der Waals surface area contributed by atoms with Gasteiger partial charge in [-0.3, -0.25) is 4.79 Å². The number of benzene rings is 2. The topological polar surface area (TPSA) is 92.5 Å². The first-order valence-electron chi connectivity index (χ1n) is 7.89. The molecule has 2 rings (SSSR count). The van der Waals surface area contributed by atoms with Crippen LogP contribution in [-0.4, -0.2) is 45.9 Å². The Kier molecular flexibility index (Phi) is 6.30. The normalized spacial score (nSPS) is 12.9. The van der Waals surface area contributed by atoms with Crippen molar-refractivity contribution >= 4 is 15.9 Å². The summed E-state index contributed by atoms with van der Waals surface area (Å²) in [5, 5.41) is 0. The molecule has 0 heterocycles. The maximum absolute atomic E-state index is 12.4. The first kappa shape index (κ1) is 19.1. The van der Waals surface area contributed by atoms with E-state index in [9.17, 15) is 13.2 Å². The molecule has 1 unspecified atom stereocenters. The van der Waals surface area contributed by atoms with Gasteiger partial charge in [0.05, 0.1) is 4.90 Å². The van der Waals surface area contributed by atoms with Crippen LogP contribution in [0.15, 0.2) is 59.5 Å². The number of nitrogens with zero attached hydrogens (tertiary/aromatic N) is 1. The molecule has 2 aromatic carbocycles. The predicted molar refractivity (Wildman–Crippen MR) is 97.8 cm³/mol. The Morgan fingerprint density at radius 2 is 1.68 bits per heavy atom. The average molecular weight is 361 g/mol. The highest BCUT2D eigenvalue weighted by atomic mass is 32.2. The molecule has 0 saturated heterocycles. The Morgan fingerprint density at radius 1 is 1.08 bits per heavy atom. The van der Waals surface area contributed by atoms with E-state index < -0.39 is 15.9 Å². The van der Waals surface area contributed by atoms with Gasteiger partial charge in [0.25, 0.3) is 0 Å². The molecule has 0 saturated carbocycles. The van der Waals surface area contributed by atoms with Crippen LogP contribution in [0, 0.1) is 0 Å². The van der Waals surface area contributed by atoms with Gasteiger partial charge < -0.3 is 10.6 Å². The fourth-order valence-corrected chi connectivity index (χ4v) is 3.48. The maximum atomic E-state index is 12.4. The van der Waals surface area contributed by atoms with Gasteiger partial charge in [-0.1, -0.05) is 30.3 Å². The number of nitrogens with one attached hydrogen (secondary N) is 1. The summed E-state index contributed by atoms with van der Waals surface area (Å²) in [6, 6.07) is 15.5. The number of amides is 1. The molecule has 0 aliphatic rings. The molecular weight excluding hydrogens is 338 g/mol. The fourth-order valence-electron chi connectivity index (χ4n) is 2.41. The minimum Gasteiger partial charge on any atom is -0.366 e. The summed E-state index contributed by atoms with van der Waals surface area (Å²) in [5.41, 5.74) is 6.59. The number of carbonyl (C=O) groups excluding carboxylic acids is 1. The fraction of sp³-hybridized carbons (Fsp3) is 0.278. The second kappa shape index (κ2) is 8.24. The van der Waals surface area contributed by atoms with Crippen molar-refractivity contribution in [3.8, 4) is 0 Å². The standard InChI is InChI=1S/C18H23N3O3S/c1-21(2)16(12-14-6-4-3-5-7-14)13-20-25(23,24)17-10-8-15(9-11-17)18(19)22/h3-11,16,20H,12-13H2,1-2H3,(H2,19,22). The van der Waals surface area contributed by atoms with Crippen LogP contribution < -0.4 is 10.5 Å². The van der Waals surface area contributed by atoms with Crippen molar-refractivity contribution in [2.75, 3.05) is 20.6 Å². The monoisotopic (exact) mass is 361 g/mol. The van der Waals surface area contributed by atoms with Crippen LogP contribution in [0.1, 0.15) is 15.9 Å². The Labute approximate surface area is 148 Å². The van der Waals surface area contributed by atoms with Crippen LogP contribution in [-0.2, 0) is 16.4 Å². The molecule has 0 radical (unpaired) electrons. The van der Waals surface area contributed by atoms with Gasteiger partial charge in [0.15, 0.2) is 0 Å². The number of primary amides is 1. The maximum Gasteiger partial charge on any atom is 0.248 e. The van der Waals surface area contributed by atoms with E-state index in [4.69, 9.17) is 5.73 Å². The number of hydrogen-bond acceptors (Lipinski definition) is 4. The second-order valence-electron chi connectivity index (χ2n) is 6.05. The third kappa shape index (κ3) is 5.38. The molecular formula is C18H23N3O3S. The van der Waals surface area contributed by atoms with E-state index >= 15 is 0 Å². The van der Waals surface area contributed by atoms with E-state index in [0.29, 0.717) is 0 Å². The molecule has 7 heteroatoms. The molecule has 3 N–H and O–H groups in total. The van der Waals surface area contributed by atoms with Crippen molar-refractivity contribution in [1.29, 1.82) is 0 Å². The van der Waals surface area contributed by atoms with Crippen molar-refractivity contribution in [2.24, 2.45) is 5.73 Å². The minimum atomic E-state index is -3.65. The molecule has 0 fully saturated rings. The lowest BCUT2D eigenvalue weighted by Gasteiger charge is -2.24. The Morgan fingerprint density at radius 3 is 2.20 bits per heavy atom. The van der Waals surface area contributed by atoms with Gasteiger partial charge in [0.2, 0.25) is 15.9 Å². The van der Waals surface area contributed by atoms with Gasteiger partial charge in [0, 0.05) is 18.2 Å². The quantitative estimate of drug-likeness (QED) is 0.740. The summed E-state index contributed by atoms with van der Waals surface area (Å²) < 4.78 is 27.5. The highest BCUT2D eigenvalue weighted by Crippen LogP contribution is 2.12. The van der Waals surface area contributed by atoms with Crippen molar-refractivity contribution in [3.05, 3.63) is 65.7 Å². The molecule has 2 aromatic rings. The van der Waals surface area contributed by atoms with E-state index in [0.717, 1.165) is 12.0 Å². The van der Waals surface area contributed by atoms with Gasteiger partial charge in [-0.2, -0.15) is 0 Å². The molecule has 0 aliphatic heterocycles. The van der Waals surface area contributed by atoms with Crippen LogP contribution in [0.2, 0.25) is 0 Å². The van der Waals surface area contributed by atoms with Gasteiger partial charge in [-0.05, 0) is 50.3 Å². The van der Waals surface area contributed by atoms with Crippen LogP contribution >= 0.6 is 0 Å². The third-order valence-electron chi connectivity index (χ3n) is 4.00. The molecule has 1 amide bonds. The van der Waals surface area contributed by atoms with Gasteiger partial charge in [0.1, 0.15) is 0 Å². The largest absolute Gasteiger partial charge is 0.366 e. The molecule has 134 valence electrons. The Balaban J connectivity index is 2.06. The van der Waals surface area contributed by atoms with Gasteiger partial charge >= 0.3 is 0 Å². The van der Waals surface area contributed by atoms with Gasteiger partial charge in [-0.15, -0.1) is 0 Å². The van der Waals surface area contributed by atoms with E-state index in [1.165, 1.54) is 24.3 Å². The minimum absolute atomic E-state index is 0.0158. The van der Waals surface area contributed by atoms with Crippen LogP contribution in [0.3, 0.4) is 0 Å². The number of likely N-dealkylation sites (N-methyl/N-ethyl adjacent to an activating group) is 1. The summed E-state index contributed by atoms with van der Waals surface area (Å²) in [6.07, 6.45) is 0.733. The molecule has 0 spiro atoms. The Bertz CT molecular complexity index is 803. The first-order chi connectivity index (χ1) is 11.8. The summed E-state index contributed by atoms with van der Waals surface area (Å²) in [5.74, 6) is -0.590. The van der Waals surface area contributed by atoms with E-state index in [1.54, 1.807) is 0 Å². The smallest absolute Gasteiger partial charge is 0.248 e. The number of carbonyl (C=O) groups is 1. The molecule has 1 atom stereocenters. The van der Waals surface area contributed by atoms with Crippen molar-refractivity contribution in [2.45, 2.75) is 17.4 Å². The van der Waals surface area contributed by atoms with E-state index in [2.05, 4.69) is 4.72 Å². The molecule has 25 heavy (non-hydrogen) atoms. The number of nitrogens with two attached hydrogens (primary N) is 1. The second-order valence-corrected chi connectivity index (χ2v) is 7.81. The van der Waals surface area contributed by atoms with Crippen molar-refractivity contribution < 1.29 is 13.2 Å². The molecule has 0 aliphatic carbocycles. The van der Waals surface area contributed by atoms with Crippen LogP contribution in [0.5, 0.6) is 0 Å². The summed E-state index contributed by atoms with van der Waals surface area (Å²) in [4.78, 5) is 13.2. The Hall–Kier alpha value is -2.22.